The van der Waals surface area contributed by atoms with E-state index in [1.54, 1.807) is 36.1 Å². The van der Waals surface area contributed by atoms with Crippen molar-refractivity contribution in [3.05, 3.63) is 41.5 Å². The highest BCUT2D eigenvalue weighted by Gasteiger charge is 2.29. The maximum absolute atomic E-state index is 12.8. The van der Waals surface area contributed by atoms with Crippen LogP contribution < -0.4 is 4.74 Å². The van der Waals surface area contributed by atoms with Crippen LogP contribution in [0, 0.1) is 12.8 Å². The maximum Gasteiger partial charge on any atom is 0.308 e. The molecule has 1 fully saturated rings. The van der Waals surface area contributed by atoms with Gasteiger partial charge in [0.1, 0.15) is 5.75 Å². The minimum atomic E-state index is -0.866. The molecule has 0 spiro atoms. The molecule has 1 aliphatic rings. The van der Waals surface area contributed by atoms with Gasteiger partial charge in [-0.25, -0.2) is 0 Å². The molecule has 0 bridgehead atoms. The molecule has 1 atom stereocenters. The number of benzene rings is 1. The second-order valence-corrected chi connectivity index (χ2v) is 5.94. The number of aliphatic carboxylic acids is 1. The van der Waals surface area contributed by atoms with Crippen molar-refractivity contribution in [1.29, 1.82) is 0 Å². The molecule has 2 heterocycles. The third-order valence-corrected chi connectivity index (χ3v) is 4.10. The summed E-state index contributed by atoms with van der Waals surface area (Å²) in [6, 6.07) is 6.88. The Bertz CT molecular complexity index is 773. The third-order valence-electron chi connectivity index (χ3n) is 4.10. The van der Waals surface area contributed by atoms with Crippen molar-refractivity contribution in [2.45, 2.75) is 26.4 Å². The smallest absolute Gasteiger partial charge is 0.308 e. The maximum atomic E-state index is 12.8. The van der Waals surface area contributed by atoms with Crippen LogP contribution in [0.25, 0.3) is 0 Å². The zero-order valence-electron chi connectivity index (χ0n) is 13.8. The van der Waals surface area contributed by atoms with E-state index in [1.807, 2.05) is 0 Å². The van der Waals surface area contributed by atoms with Crippen molar-refractivity contribution in [2.75, 3.05) is 13.1 Å². The number of rotatable bonds is 5. The summed E-state index contributed by atoms with van der Waals surface area (Å²) in [6.45, 7) is 2.52. The summed E-state index contributed by atoms with van der Waals surface area (Å²) < 4.78 is 10.6. The van der Waals surface area contributed by atoms with Crippen LogP contribution >= 0.6 is 0 Å². The van der Waals surface area contributed by atoms with Gasteiger partial charge in [-0.2, -0.15) is 4.98 Å². The van der Waals surface area contributed by atoms with Gasteiger partial charge in [0, 0.05) is 20.0 Å². The lowest BCUT2D eigenvalue weighted by Gasteiger charge is -2.31. The number of para-hydroxylation sites is 1. The van der Waals surface area contributed by atoms with E-state index in [9.17, 15) is 14.7 Å². The van der Waals surface area contributed by atoms with Crippen LogP contribution in [0.15, 0.2) is 28.8 Å². The zero-order chi connectivity index (χ0) is 17.8. The fourth-order valence-electron chi connectivity index (χ4n) is 2.84. The Balaban J connectivity index is 1.73. The first-order chi connectivity index (χ1) is 12.0. The minimum absolute atomic E-state index is 0.0827. The number of aryl methyl sites for hydroxylation is 1. The predicted octanol–water partition coefficient (Wildman–Crippen LogP) is 1.89. The number of likely N-dealkylation sites (tertiary alicyclic amines) is 1. The molecule has 25 heavy (non-hydrogen) atoms. The molecule has 0 radical (unpaired) electrons. The summed E-state index contributed by atoms with van der Waals surface area (Å²) in [6.07, 6.45) is 1.27. The van der Waals surface area contributed by atoms with E-state index in [0.29, 0.717) is 42.4 Å². The van der Waals surface area contributed by atoms with Crippen LogP contribution in [0.5, 0.6) is 5.75 Å². The number of carboxylic acids is 1. The quantitative estimate of drug-likeness (QED) is 0.882. The molecule has 0 unspecified atom stereocenters. The Morgan fingerprint density at radius 2 is 2.20 bits per heavy atom. The Labute approximate surface area is 144 Å². The van der Waals surface area contributed by atoms with Crippen LogP contribution in [-0.4, -0.2) is 45.1 Å². The Kier molecular flexibility index (Phi) is 4.97. The van der Waals surface area contributed by atoms with E-state index >= 15 is 0 Å². The van der Waals surface area contributed by atoms with Gasteiger partial charge in [-0.1, -0.05) is 17.3 Å². The summed E-state index contributed by atoms with van der Waals surface area (Å²) in [5.74, 6) is -0.375. The number of carbonyl (C=O) groups is 2. The van der Waals surface area contributed by atoms with E-state index in [0.717, 1.165) is 0 Å². The normalized spacial score (nSPS) is 17.3. The lowest BCUT2D eigenvalue weighted by molar-refractivity contribution is -0.143. The first-order valence-electron chi connectivity index (χ1n) is 8.07. The number of amides is 1. The monoisotopic (exact) mass is 345 g/mol. The van der Waals surface area contributed by atoms with Gasteiger partial charge in [-0.05, 0) is 25.0 Å². The highest BCUT2D eigenvalue weighted by Crippen LogP contribution is 2.24. The number of aromatic nitrogens is 2. The van der Waals surface area contributed by atoms with Crippen LogP contribution in [0.4, 0.5) is 0 Å². The molecule has 1 aliphatic heterocycles. The van der Waals surface area contributed by atoms with Crippen LogP contribution in [-0.2, 0) is 11.4 Å². The van der Waals surface area contributed by atoms with Crippen molar-refractivity contribution in [3.63, 3.8) is 0 Å². The zero-order valence-corrected chi connectivity index (χ0v) is 13.8. The molecule has 1 aromatic heterocycles. The fraction of sp³-hybridized carbons (Fsp3) is 0.412. The number of carboxylic acid groups (broad SMARTS) is 1. The number of carbonyl (C=O) groups excluding carboxylic acids is 1. The molecule has 0 aliphatic carbocycles. The standard InChI is InChI=1S/C17H19N3O5/c1-11-18-15(19-25-11)10-24-14-7-3-2-6-13(14)16(21)20-8-4-5-12(9-20)17(22)23/h2-3,6-7,12H,4-5,8-10H2,1H3,(H,22,23)/t12-/m0/s1. The summed E-state index contributed by atoms with van der Waals surface area (Å²) in [4.78, 5) is 29.6. The van der Waals surface area contributed by atoms with Crippen molar-refractivity contribution < 1.29 is 24.0 Å². The van der Waals surface area contributed by atoms with Gasteiger partial charge in [-0.15, -0.1) is 0 Å². The van der Waals surface area contributed by atoms with Gasteiger partial charge >= 0.3 is 5.97 Å². The molecule has 8 nitrogen and oxygen atoms in total. The average Bonchev–Trinajstić information content (AvgIpc) is 3.05. The number of nitrogens with zero attached hydrogens (tertiary/aromatic N) is 3. The number of ether oxygens (including phenoxy) is 1. The molecule has 1 amide bonds. The van der Waals surface area contributed by atoms with E-state index in [-0.39, 0.29) is 19.1 Å². The van der Waals surface area contributed by atoms with E-state index < -0.39 is 11.9 Å². The third kappa shape index (κ3) is 3.96. The van der Waals surface area contributed by atoms with Gasteiger partial charge in [0.15, 0.2) is 6.61 Å². The fourth-order valence-corrected chi connectivity index (χ4v) is 2.84. The molecule has 1 saturated heterocycles. The van der Waals surface area contributed by atoms with Gasteiger partial charge < -0.3 is 19.3 Å². The van der Waals surface area contributed by atoms with Crippen molar-refractivity contribution in [1.82, 2.24) is 15.0 Å². The van der Waals surface area contributed by atoms with Crippen molar-refractivity contribution in [2.24, 2.45) is 5.92 Å². The molecular weight excluding hydrogens is 326 g/mol. The molecule has 1 N–H and O–H groups in total. The Hall–Kier alpha value is -2.90. The summed E-state index contributed by atoms with van der Waals surface area (Å²) in [5, 5.41) is 12.9. The number of hydrogen-bond acceptors (Lipinski definition) is 6. The van der Waals surface area contributed by atoms with Crippen molar-refractivity contribution in [3.8, 4) is 5.75 Å². The molecule has 0 saturated carbocycles. The minimum Gasteiger partial charge on any atom is -0.485 e. The average molecular weight is 345 g/mol. The second-order valence-electron chi connectivity index (χ2n) is 5.94. The number of piperidine rings is 1. The van der Waals surface area contributed by atoms with Gasteiger partial charge in [0.25, 0.3) is 5.91 Å². The molecule has 1 aromatic carbocycles. The van der Waals surface area contributed by atoms with Crippen LogP contribution in [0.2, 0.25) is 0 Å². The Morgan fingerprint density at radius 1 is 1.40 bits per heavy atom. The molecule has 132 valence electrons. The SMILES string of the molecule is Cc1nc(COc2ccccc2C(=O)N2CCC[C@H](C(=O)O)C2)no1. The number of hydrogen-bond donors (Lipinski definition) is 1. The van der Waals surface area contributed by atoms with Gasteiger partial charge in [0.2, 0.25) is 11.7 Å². The van der Waals surface area contributed by atoms with Gasteiger partial charge in [0.05, 0.1) is 11.5 Å². The van der Waals surface area contributed by atoms with E-state index in [4.69, 9.17) is 9.26 Å². The molecule has 8 heteroatoms. The molecular formula is C17H19N3O5. The molecule has 2 aromatic rings. The first-order valence-corrected chi connectivity index (χ1v) is 8.07. The van der Waals surface area contributed by atoms with E-state index in [2.05, 4.69) is 10.1 Å². The highest BCUT2D eigenvalue weighted by molar-refractivity contribution is 5.97. The van der Waals surface area contributed by atoms with Crippen LogP contribution in [0.1, 0.15) is 34.9 Å². The summed E-state index contributed by atoms with van der Waals surface area (Å²) in [7, 11) is 0. The van der Waals surface area contributed by atoms with Crippen molar-refractivity contribution >= 4 is 11.9 Å². The summed E-state index contributed by atoms with van der Waals surface area (Å²) >= 11 is 0. The second kappa shape index (κ2) is 7.33. The lowest BCUT2D eigenvalue weighted by atomic mass is 9.97. The largest absolute Gasteiger partial charge is 0.485 e. The van der Waals surface area contributed by atoms with E-state index in [1.165, 1.54) is 0 Å². The highest BCUT2D eigenvalue weighted by atomic mass is 16.5. The first kappa shape index (κ1) is 16.9. The predicted molar refractivity (Wildman–Crippen MR) is 86.1 cm³/mol. The topological polar surface area (TPSA) is 106 Å². The lowest BCUT2D eigenvalue weighted by Crippen LogP contribution is -2.42. The van der Waals surface area contributed by atoms with Crippen LogP contribution in [0.3, 0.4) is 0 Å². The van der Waals surface area contributed by atoms with Gasteiger partial charge in [-0.3, -0.25) is 9.59 Å². The summed E-state index contributed by atoms with van der Waals surface area (Å²) in [5.41, 5.74) is 0.397. The molecule has 3 rings (SSSR count). The Morgan fingerprint density at radius 3 is 2.92 bits per heavy atom.